The van der Waals surface area contributed by atoms with Gasteiger partial charge in [0.2, 0.25) is 0 Å². The van der Waals surface area contributed by atoms with E-state index in [0.29, 0.717) is 0 Å². The van der Waals surface area contributed by atoms with Gasteiger partial charge in [0, 0.05) is 12.1 Å². The Labute approximate surface area is 121 Å². The molecule has 20 heavy (non-hydrogen) atoms. The zero-order valence-electron chi connectivity index (χ0n) is 11.8. The molecule has 6 heteroatoms. The lowest BCUT2D eigenvalue weighted by Crippen LogP contribution is -2.07. The van der Waals surface area contributed by atoms with Crippen LogP contribution in [0.15, 0.2) is 23.4 Å². The number of ether oxygens (including phenoxy) is 1. The first-order valence-electron chi connectivity index (χ1n) is 6.47. The maximum atomic E-state index is 10.8. The van der Waals surface area contributed by atoms with Gasteiger partial charge in [-0.1, -0.05) is 18.7 Å². The number of methoxy groups -OCH3 is 1. The lowest BCUT2D eigenvalue weighted by Gasteiger charge is -2.15. The van der Waals surface area contributed by atoms with Gasteiger partial charge in [0.15, 0.2) is 5.16 Å². The molecule has 1 unspecified atom stereocenters. The minimum atomic E-state index is -0.838. The van der Waals surface area contributed by atoms with Crippen molar-refractivity contribution in [1.29, 1.82) is 0 Å². The number of fused-ring (bicyclic) bond motifs is 1. The van der Waals surface area contributed by atoms with Crippen LogP contribution in [0.25, 0.3) is 11.0 Å². The molecule has 1 aromatic carbocycles. The van der Waals surface area contributed by atoms with Gasteiger partial charge < -0.3 is 14.4 Å². The third kappa shape index (κ3) is 2.90. The monoisotopic (exact) mass is 294 g/mol. The van der Waals surface area contributed by atoms with Crippen molar-refractivity contribution in [3.8, 4) is 5.75 Å². The molecule has 0 amide bonds. The number of hydrogen-bond acceptors (Lipinski definition) is 4. The molecule has 108 valence electrons. The molecule has 1 N–H and O–H groups in total. The second-order valence-corrected chi connectivity index (χ2v) is 5.50. The van der Waals surface area contributed by atoms with E-state index in [2.05, 4.69) is 23.4 Å². The number of aliphatic carboxylic acids is 1. The molecule has 2 rings (SSSR count). The lowest BCUT2D eigenvalue weighted by molar-refractivity contribution is -0.133. The third-order valence-corrected chi connectivity index (χ3v) is 4.16. The molecule has 5 nitrogen and oxygen atoms in total. The van der Waals surface area contributed by atoms with E-state index in [-0.39, 0.29) is 11.8 Å². The van der Waals surface area contributed by atoms with Gasteiger partial charge >= 0.3 is 5.97 Å². The summed E-state index contributed by atoms with van der Waals surface area (Å²) < 4.78 is 7.31. The van der Waals surface area contributed by atoms with Crippen LogP contribution in [0.5, 0.6) is 5.75 Å². The number of thioether (sulfide) groups is 1. The standard InChI is InChI=1S/C14H18N2O3S/c1-4-9(2)16-12-6-5-10(19-3)7-11(12)15-14(16)20-8-13(17)18/h5-7,9H,4,8H2,1-3H3,(H,17,18). The van der Waals surface area contributed by atoms with Gasteiger partial charge in [-0.15, -0.1) is 0 Å². The summed E-state index contributed by atoms with van der Waals surface area (Å²) >= 11 is 1.25. The number of benzene rings is 1. The highest BCUT2D eigenvalue weighted by Crippen LogP contribution is 2.30. The molecule has 0 spiro atoms. The first-order valence-corrected chi connectivity index (χ1v) is 7.46. The average molecular weight is 294 g/mol. The van der Waals surface area contributed by atoms with Crippen molar-refractivity contribution in [1.82, 2.24) is 9.55 Å². The largest absolute Gasteiger partial charge is 0.497 e. The van der Waals surface area contributed by atoms with E-state index in [1.807, 2.05) is 18.2 Å². The van der Waals surface area contributed by atoms with Gasteiger partial charge in [0.1, 0.15) is 5.75 Å². The fraction of sp³-hybridized carbons (Fsp3) is 0.429. The zero-order valence-corrected chi connectivity index (χ0v) is 12.6. The smallest absolute Gasteiger partial charge is 0.313 e. The molecule has 0 aliphatic carbocycles. The molecular formula is C14H18N2O3S. The summed E-state index contributed by atoms with van der Waals surface area (Å²) in [4.78, 5) is 15.3. The predicted molar refractivity (Wildman–Crippen MR) is 79.6 cm³/mol. The van der Waals surface area contributed by atoms with E-state index in [0.717, 1.165) is 28.4 Å². The number of carboxylic acid groups (broad SMARTS) is 1. The number of carbonyl (C=O) groups is 1. The van der Waals surface area contributed by atoms with Crippen molar-refractivity contribution in [3.63, 3.8) is 0 Å². The topological polar surface area (TPSA) is 64.4 Å². The Morgan fingerprint density at radius 3 is 2.90 bits per heavy atom. The fourth-order valence-corrected chi connectivity index (χ4v) is 2.85. The van der Waals surface area contributed by atoms with Crippen LogP contribution >= 0.6 is 11.8 Å². The number of rotatable bonds is 6. The van der Waals surface area contributed by atoms with Crippen molar-refractivity contribution >= 4 is 28.8 Å². The van der Waals surface area contributed by atoms with E-state index in [9.17, 15) is 4.79 Å². The molecule has 1 heterocycles. The summed E-state index contributed by atoms with van der Waals surface area (Å²) in [5.41, 5.74) is 1.84. The van der Waals surface area contributed by atoms with Crippen molar-refractivity contribution in [2.24, 2.45) is 0 Å². The Kier molecular flexibility index (Phi) is 4.54. The summed E-state index contributed by atoms with van der Waals surface area (Å²) in [6.45, 7) is 4.21. The van der Waals surface area contributed by atoms with Gasteiger partial charge in [0.05, 0.1) is 23.9 Å². The average Bonchev–Trinajstić information content (AvgIpc) is 2.81. The molecule has 0 aliphatic rings. The van der Waals surface area contributed by atoms with E-state index in [1.165, 1.54) is 11.8 Å². The van der Waals surface area contributed by atoms with E-state index in [1.54, 1.807) is 7.11 Å². The molecule has 0 radical (unpaired) electrons. The summed E-state index contributed by atoms with van der Waals surface area (Å²) in [6, 6.07) is 6.01. The molecule has 0 saturated carbocycles. The summed E-state index contributed by atoms with van der Waals surface area (Å²) in [7, 11) is 1.62. The van der Waals surface area contributed by atoms with Crippen LogP contribution in [0.1, 0.15) is 26.3 Å². The Morgan fingerprint density at radius 2 is 2.30 bits per heavy atom. The van der Waals surface area contributed by atoms with Crippen LogP contribution in [-0.4, -0.2) is 33.5 Å². The number of carboxylic acids is 1. The molecular weight excluding hydrogens is 276 g/mol. The number of hydrogen-bond donors (Lipinski definition) is 1. The highest BCUT2D eigenvalue weighted by molar-refractivity contribution is 7.99. The molecule has 0 bridgehead atoms. The van der Waals surface area contributed by atoms with E-state index >= 15 is 0 Å². The van der Waals surface area contributed by atoms with Crippen molar-refractivity contribution < 1.29 is 14.6 Å². The van der Waals surface area contributed by atoms with Gasteiger partial charge in [-0.2, -0.15) is 0 Å². The lowest BCUT2D eigenvalue weighted by atomic mass is 10.2. The molecule has 1 aromatic heterocycles. The highest BCUT2D eigenvalue weighted by atomic mass is 32.2. The van der Waals surface area contributed by atoms with Gasteiger partial charge in [-0.3, -0.25) is 4.79 Å². The molecule has 0 aliphatic heterocycles. The van der Waals surface area contributed by atoms with Gasteiger partial charge in [-0.25, -0.2) is 4.98 Å². The van der Waals surface area contributed by atoms with Crippen LogP contribution in [0, 0.1) is 0 Å². The number of nitrogens with zero attached hydrogens (tertiary/aromatic N) is 2. The van der Waals surface area contributed by atoms with Crippen molar-refractivity contribution in [2.75, 3.05) is 12.9 Å². The second kappa shape index (κ2) is 6.17. The van der Waals surface area contributed by atoms with E-state index in [4.69, 9.17) is 9.84 Å². The number of aromatic nitrogens is 2. The summed E-state index contributed by atoms with van der Waals surface area (Å²) in [5, 5.41) is 9.58. The fourth-order valence-electron chi connectivity index (χ4n) is 2.02. The highest BCUT2D eigenvalue weighted by Gasteiger charge is 2.16. The van der Waals surface area contributed by atoms with Crippen molar-refractivity contribution in [2.45, 2.75) is 31.5 Å². The zero-order chi connectivity index (χ0) is 14.7. The maximum Gasteiger partial charge on any atom is 0.313 e. The minimum Gasteiger partial charge on any atom is -0.497 e. The van der Waals surface area contributed by atoms with E-state index < -0.39 is 5.97 Å². The van der Waals surface area contributed by atoms with Crippen LogP contribution < -0.4 is 4.74 Å². The Bertz CT molecular complexity index is 624. The first-order chi connectivity index (χ1) is 9.56. The quantitative estimate of drug-likeness (QED) is 0.829. The third-order valence-electron chi connectivity index (χ3n) is 3.22. The molecule has 0 saturated heterocycles. The number of imidazole rings is 1. The summed E-state index contributed by atoms with van der Waals surface area (Å²) in [5.74, 6) is -0.0758. The Hall–Kier alpha value is -1.69. The normalized spacial score (nSPS) is 12.6. The first kappa shape index (κ1) is 14.7. The minimum absolute atomic E-state index is 0.0108. The second-order valence-electron chi connectivity index (χ2n) is 4.56. The SMILES string of the molecule is CCC(C)n1c(SCC(=O)O)nc2cc(OC)ccc21. The maximum absolute atomic E-state index is 10.8. The van der Waals surface area contributed by atoms with Crippen molar-refractivity contribution in [3.05, 3.63) is 18.2 Å². The van der Waals surface area contributed by atoms with Crippen LogP contribution in [0.2, 0.25) is 0 Å². The Balaban J connectivity index is 2.50. The van der Waals surface area contributed by atoms with Gasteiger partial charge in [-0.05, 0) is 25.5 Å². The molecule has 1 atom stereocenters. The molecule has 0 fully saturated rings. The van der Waals surface area contributed by atoms with Crippen LogP contribution in [-0.2, 0) is 4.79 Å². The van der Waals surface area contributed by atoms with Crippen LogP contribution in [0.4, 0.5) is 0 Å². The predicted octanol–water partition coefficient (Wildman–Crippen LogP) is 3.19. The Morgan fingerprint density at radius 1 is 1.55 bits per heavy atom. The molecule has 2 aromatic rings. The van der Waals surface area contributed by atoms with Gasteiger partial charge in [0.25, 0.3) is 0 Å². The van der Waals surface area contributed by atoms with Crippen LogP contribution in [0.3, 0.4) is 0 Å². The summed E-state index contributed by atoms with van der Waals surface area (Å²) in [6.07, 6.45) is 0.956.